The minimum atomic E-state index is -0.845. The first kappa shape index (κ1) is 65.5. The number of carbonyl (C=O) groups is 3. The van der Waals surface area contributed by atoms with Gasteiger partial charge in [0.1, 0.15) is 13.2 Å². The number of hydrogen-bond acceptors (Lipinski definition) is 6. The van der Waals surface area contributed by atoms with Crippen molar-refractivity contribution in [3.63, 3.8) is 0 Å². The van der Waals surface area contributed by atoms with E-state index in [-0.39, 0.29) is 31.6 Å². The first-order chi connectivity index (χ1) is 34.5. The number of ether oxygens (including phenoxy) is 3. The summed E-state index contributed by atoms with van der Waals surface area (Å²) in [5.74, 6) is -1.08. The Bertz CT molecular complexity index is 1530. The van der Waals surface area contributed by atoms with Crippen LogP contribution in [-0.4, -0.2) is 37.2 Å². The molecule has 0 fully saturated rings. The summed E-state index contributed by atoms with van der Waals surface area (Å²) in [6.07, 6.45) is 80.4. The second-order valence-corrected chi connectivity index (χ2v) is 18.1. The SMILES string of the molecule is CC/C=C\C/C=C\C/C=C\C/C=C\C/C=C\CC(=O)OC(COC(=O)CCCCCCC/C=C\C/C=C\CCCC)COC(=O)CCCCCCCCCCCC/C=C\C/C=C\C/C=C\C/C=C\CC. The van der Waals surface area contributed by atoms with Crippen molar-refractivity contribution in [3.8, 4) is 0 Å². The Hall–Kier alpha value is -4.45. The molecule has 0 saturated heterocycles. The van der Waals surface area contributed by atoms with Gasteiger partial charge in [0, 0.05) is 12.8 Å². The molecule has 0 aliphatic heterocycles. The van der Waals surface area contributed by atoms with Gasteiger partial charge in [0.25, 0.3) is 0 Å². The molecule has 0 heterocycles. The molecule has 0 radical (unpaired) electrons. The molecule has 0 aliphatic carbocycles. The second kappa shape index (κ2) is 57.1. The lowest BCUT2D eigenvalue weighted by Crippen LogP contribution is -2.30. The maximum Gasteiger partial charge on any atom is 0.310 e. The molecule has 70 heavy (non-hydrogen) atoms. The maximum absolute atomic E-state index is 12.8. The van der Waals surface area contributed by atoms with Gasteiger partial charge in [-0.15, -0.1) is 0 Å². The molecule has 0 rings (SSSR count). The van der Waals surface area contributed by atoms with Gasteiger partial charge in [-0.1, -0.05) is 238 Å². The molecule has 0 aliphatic rings. The fourth-order valence-corrected chi connectivity index (χ4v) is 7.23. The van der Waals surface area contributed by atoms with Crippen LogP contribution in [0.4, 0.5) is 0 Å². The van der Waals surface area contributed by atoms with Crippen LogP contribution in [0.25, 0.3) is 0 Å². The number of hydrogen-bond donors (Lipinski definition) is 0. The molecular weight excluding hydrogens is 865 g/mol. The molecule has 0 bridgehead atoms. The van der Waals surface area contributed by atoms with Gasteiger partial charge >= 0.3 is 17.9 Å². The average molecular weight is 968 g/mol. The summed E-state index contributed by atoms with van der Waals surface area (Å²) in [6.45, 7) is 6.26. The lowest BCUT2D eigenvalue weighted by molar-refractivity contribution is -0.166. The second-order valence-electron chi connectivity index (χ2n) is 18.1. The van der Waals surface area contributed by atoms with Gasteiger partial charge in [0.15, 0.2) is 6.10 Å². The monoisotopic (exact) mass is 967 g/mol. The van der Waals surface area contributed by atoms with Gasteiger partial charge in [-0.25, -0.2) is 0 Å². The zero-order chi connectivity index (χ0) is 50.7. The van der Waals surface area contributed by atoms with E-state index in [2.05, 4.69) is 142 Å². The molecule has 6 nitrogen and oxygen atoms in total. The normalized spacial score (nSPS) is 13.1. The smallest absolute Gasteiger partial charge is 0.310 e. The van der Waals surface area contributed by atoms with Crippen LogP contribution in [0.2, 0.25) is 0 Å². The van der Waals surface area contributed by atoms with Crippen LogP contribution >= 0.6 is 0 Å². The van der Waals surface area contributed by atoms with E-state index < -0.39 is 12.1 Å². The average Bonchev–Trinajstić information content (AvgIpc) is 3.36. The Morgan fingerprint density at radius 2 is 0.600 bits per heavy atom. The van der Waals surface area contributed by atoms with Crippen molar-refractivity contribution in [1.82, 2.24) is 0 Å². The van der Waals surface area contributed by atoms with Crippen LogP contribution in [0.15, 0.2) is 134 Å². The third kappa shape index (κ3) is 54.5. The molecule has 6 heteroatoms. The predicted molar refractivity (Wildman–Crippen MR) is 302 cm³/mol. The van der Waals surface area contributed by atoms with Crippen molar-refractivity contribution in [1.29, 1.82) is 0 Å². The van der Waals surface area contributed by atoms with E-state index in [4.69, 9.17) is 14.2 Å². The van der Waals surface area contributed by atoms with Crippen molar-refractivity contribution in [3.05, 3.63) is 134 Å². The van der Waals surface area contributed by atoms with Crippen molar-refractivity contribution in [2.45, 2.75) is 239 Å². The molecule has 1 unspecified atom stereocenters. The van der Waals surface area contributed by atoms with Crippen LogP contribution in [0, 0.1) is 0 Å². The Balaban J connectivity index is 4.46. The molecule has 0 N–H and O–H groups in total. The van der Waals surface area contributed by atoms with E-state index in [1.807, 2.05) is 6.08 Å². The Kier molecular flexibility index (Phi) is 53.5. The lowest BCUT2D eigenvalue weighted by atomic mass is 10.1. The first-order valence-corrected chi connectivity index (χ1v) is 28.2. The lowest BCUT2D eigenvalue weighted by Gasteiger charge is -2.18. The van der Waals surface area contributed by atoms with E-state index in [9.17, 15) is 14.4 Å². The van der Waals surface area contributed by atoms with E-state index in [1.165, 1.54) is 70.6 Å². The van der Waals surface area contributed by atoms with Gasteiger partial charge in [-0.05, 0) is 109 Å². The van der Waals surface area contributed by atoms with Crippen molar-refractivity contribution in [2.75, 3.05) is 13.2 Å². The highest BCUT2D eigenvalue weighted by Gasteiger charge is 2.19. The van der Waals surface area contributed by atoms with Crippen molar-refractivity contribution < 1.29 is 28.6 Å². The highest BCUT2D eigenvalue weighted by molar-refractivity contribution is 5.72. The van der Waals surface area contributed by atoms with Crippen LogP contribution in [0.5, 0.6) is 0 Å². The van der Waals surface area contributed by atoms with Gasteiger partial charge in [-0.2, -0.15) is 0 Å². The summed E-state index contributed by atoms with van der Waals surface area (Å²) < 4.78 is 16.7. The molecule has 0 aromatic heterocycles. The quantitative estimate of drug-likeness (QED) is 0.0262. The summed E-state index contributed by atoms with van der Waals surface area (Å²) in [5.41, 5.74) is 0. The first-order valence-electron chi connectivity index (χ1n) is 28.2. The van der Waals surface area contributed by atoms with E-state index in [0.717, 1.165) is 116 Å². The largest absolute Gasteiger partial charge is 0.462 e. The number of unbranched alkanes of at least 4 members (excludes halogenated alkanes) is 17. The van der Waals surface area contributed by atoms with Crippen molar-refractivity contribution >= 4 is 17.9 Å². The summed E-state index contributed by atoms with van der Waals surface area (Å²) >= 11 is 0. The molecule has 0 spiro atoms. The van der Waals surface area contributed by atoms with Crippen LogP contribution in [0.1, 0.15) is 233 Å². The highest BCUT2D eigenvalue weighted by Crippen LogP contribution is 2.14. The molecule has 0 aromatic carbocycles. The van der Waals surface area contributed by atoms with Crippen LogP contribution < -0.4 is 0 Å². The van der Waals surface area contributed by atoms with Gasteiger partial charge in [0.05, 0.1) is 6.42 Å². The topological polar surface area (TPSA) is 78.9 Å². The summed E-state index contributed by atoms with van der Waals surface area (Å²) in [5, 5.41) is 0. The fraction of sp³-hybridized carbons (Fsp3) is 0.609. The predicted octanol–water partition coefficient (Wildman–Crippen LogP) is 19.0. The molecule has 0 amide bonds. The number of carbonyl (C=O) groups excluding carboxylic acids is 3. The Morgan fingerprint density at radius 3 is 0.943 bits per heavy atom. The third-order valence-electron chi connectivity index (χ3n) is 11.4. The van der Waals surface area contributed by atoms with Crippen LogP contribution in [-0.2, 0) is 28.6 Å². The van der Waals surface area contributed by atoms with Crippen LogP contribution in [0.3, 0.4) is 0 Å². The minimum absolute atomic E-state index is 0.0878. The van der Waals surface area contributed by atoms with Gasteiger partial charge in [-0.3, -0.25) is 14.4 Å². The Labute approximate surface area is 430 Å². The standard InChI is InChI=1S/C64H102O6/c1-4-7-10-13-16-19-22-25-28-29-30-31-32-33-34-35-37-39-42-45-48-51-54-57-63(66)69-60-61(59-68-62(65)56-53-50-47-44-41-38-27-24-21-18-15-12-9-6-3)70-64(67)58-55-52-49-46-43-40-36-26-23-20-17-14-11-8-5-2/h7-8,10-11,15-20,24-28,30-31,36,43,46,52,55,61H,4-6,9,12-14,21-23,29,32-35,37-42,44-45,47-51,53-54,56-60H2,1-3H3/b10-7-,11-8-,18-15-,19-16-,20-17-,27-24-,28-25-,31-30-,36-26-,46-43-,55-52-. The van der Waals surface area contributed by atoms with E-state index in [0.29, 0.717) is 19.3 Å². The van der Waals surface area contributed by atoms with E-state index in [1.54, 1.807) is 6.08 Å². The molecular formula is C64H102O6. The van der Waals surface area contributed by atoms with Crippen molar-refractivity contribution in [2.24, 2.45) is 0 Å². The summed E-state index contributed by atoms with van der Waals surface area (Å²) in [6, 6.07) is 0. The Morgan fingerprint density at radius 1 is 0.314 bits per heavy atom. The molecule has 0 saturated carbocycles. The number of esters is 3. The number of allylic oxidation sites excluding steroid dienone is 21. The maximum atomic E-state index is 12.8. The summed E-state index contributed by atoms with van der Waals surface area (Å²) in [7, 11) is 0. The fourth-order valence-electron chi connectivity index (χ4n) is 7.23. The number of rotatable bonds is 49. The minimum Gasteiger partial charge on any atom is -0.462 e. The molecule has 0 aromatic rings. The van der Waals surface area contributed by atoms with Gasteiger partial charge < -0.3 is 14.2 Å². The molecule has 1 atom stereocenters. The highest BCUT2D eigenvalue weighted by atomic mass is 16.6. The molecule has 394 valence electrons. The zero-order valence-corrected chi connectivity index (χ0v) is 45.0. The van der Waals surface area contributed by atoms with Gasteiger partial charge in [0.2, 0.25) is 0 Å². The zero-order valence-electron chi connectivity index (χ0n) is 45.0. The third-order valence-corrected chi connectivity index (χ3v) is 11.4. The summed E-state index contributed by atoms with van der Waals surface area (Å²) in [4.78, 5) is 38.1. The van der Waals surface area contributed by atoms with E-state index >= 15 is 0 Å².